The molecule has 134 heavy (non-hydrogen) atoms. The van der Waals surface area contributed by atoms with E-state index in [4.69, 9.17) is 49.0 Å². The summed E-state index contributed by atoms with van der Waals surface area (Å²) in [6.45, 7) is 8.18. The van der Waals surface area contributed by atoms with Gasteiger partial charge in [0.15, 0.2) is 0 Å². The van der Waals surface area contributed by atoms with E-state index in [0.717, 1.165) is 204 Å². The van der Waals surface area contributed by atoms with E-state index < -0.39 is 0 Å². The van der Waals surface area contributed by atoms with Crippen LogP contribution in [0, 0.1) is 0 Å². The van der Waals surface area contributed by atoms with Gasteiger partial charge in [-0.15, -0.1) is 0 Å². The van der Waals surface area contributed by atoms with Crippen molar-refractivity contribution in [1.82, 2.24) is 28.7 Å². The summed E-state index contributed by atoms with van der Waals surface area (Å²) in [6.07, 6.45) is 0. The van der Waals surface area contributed by atoms with Crippen molar-refractivity contribution in [3.05, 3.63) is 446 Å². The highest BCUT2D eigenvalue weighted by atomic mass is 79.9. The number of halogens is 2. The largest absolute Gasteiger partial charge is 0.494 e. The van der Waals surface area contributed by atoms with Crippen LogP contribution in [0.2, 0.25) is 0 Å². The molecule has 0 amide bonds. The van der Waals surface area contributed by atoms with Gasteiger partial charge in [0.1, 0.15) is 51.0 Å². The molecule has 0 aliphatic carbocycles. The Kier molecular flexibility index (Phi) is 23.1. The number of aromatic nitrogens is 6. The molecule has 0 unspecified atom stereocenters. The highest BCUT2D eigenvalue weighted by Gasteiger charge is 2.51. The Hall–Kier alpha value is -15.9. The van der Waals surface area contributed by atoms with Crippen molar-refractivity contribution >= 4 is 172 Å². The van der Waals surface area contributed by atoms with Crippen molar-refractivity contribution in [3.63, 3.8) is 0 Å². The SMILES string of the molecule is Brc1ccc2c(c1)oc1ccccc12.Brc1cccc(-n2c(-c3ccccc3)nc3ccccc32)c1.CC1(C)OB(c2ccc(N)cc2)OC1(C)C.Nc1ccc(-c2cccc(-n3c(-c4ccccc4)nc4ccccc43)c2)cc1.c1ccc(-c2nc3ccccc3n2-c2cccc(-c3ccc(N(c4ccc5c(c4)oc4ccccc45)c4ccc5c(c4)oc4ccccc45)cc3)c2)cc1. The van der Waals surface area contributed by atoms with Crippen molar-refractivity contribution in [2.45, 2.75) is 38.9 Å². The molecule has 1 aliphatic rings. The van der Waals surface area contributed by atoms with E-state index in [1.807, 2.05) is 198 Å². The van der Waals surface area contributed by atoms with Crippen LogP contribution in [-0.4, -0.2) is 47.0 Å². The Morgan fingerprint density at radius 3 is 0.985 bits per heavy atom. The summed E-state index contributed by atoms with van der Waals surface area (Å²) in [5.74, 6) is 2.82. The first kappa shape index (κ1) is 84.9. The molecule has 18 aromatic carbocycles. The number of nitrogens with two attached hydrogens (primary N) is 2. The number of para-hydroxylation sites is 9. The minimum atomic E-state index is -0.300. The van der Waals surface area contributed by atoms with Gasteiger partial charge >= 0.3 is 7.12 Å². The van der Waals surface area contributed by atoms with Gasteiger partial charge < -0.3 is 38.9 Å². The number of benzene rings is 18. The first-order chi connectivity index (χ1) is 65.5. The van der Waals surface area contributed by atoms with E-state index in [2.05, 4.69) is 317 Å². The molecule has 14 nitrogen and oxygen atoms in total. The first-order valence-corrected chi connectivity index (χ1v) is 46.0. The monoisotopic (exact) mass is 1870 g/mol. The number of fused-ring (bicyclic) bond motifs is 12. The van der Waals surface area contributed by atoms with Gasteiger partial charge in [-0.05, 0) is 231 Å². The number of hydrogen-bond acceptors (Lipinski definition) is 11. The number of rotatable bonds is 12. The van der Waals surface area contributed by atoms with Crippen LogP contribution in [0.15, 0.2) is 459 Å². The number of imidazole rings is 3. The summed E-state index contributed by atoms with van der Waals surface area (Å²) in [7, 11) is -0.300. The van der Waals surface area contributed by atoms with Crippen LogP contribution in [0.3, 0.4) is 0 Å². The summed E-state index contributed by atoms with van der Waals surface area (Å²) >= 11 is 6.99. The number of furan rings is 3. The summed E-state index contributed by atoms with van der Waals surface area (Å²) in [6, 6.07) is 149. The average molecular weight is 1870 g/mol. The Morgan fingerprint density at radius 2 is 0.575 bits per heavy atom. The minimum Gasteiger partial charge on any atom is -0.456 e. The second-order valence-electron chi connectivity index (χ2n) is 34.0. The Balaban J connectivity index is 0.000000112. The molecule has 17 heteroatoms. The number of hydrogen-bond donors (Lipinski definition) is 2. The van der Waals surface area contributed by atoms with Gasteiger partial charge in [0.2, 0.25) is 0 Å². The molecule has 6 aromatic heterocycles. The first-order valence-electron chi connectivity index (χ1n) is 44.5. The third kappa shape index (κ3) is 17.1. The van der Waals surface area contributed by atoms with E-state index >= 15 is 0 Å². The molecule has 1 saturated heterocycles. The number of anilines is 5. The van der Waals surface area contributed by atoms with Crippen molar-refractivity contribution in [2.75, 3.05) is 16.4 Å². The van der Waals surface area contributed by atoms with Gasteiger partial charge in [0.25, 0.3) is 0 Å². The molecule has 0 bridgehead atoms. The molecular weight excluding hydrogens is 1780 g/mol. The molecule has 648 valence electrons. The van der Waals surface area contributed by atoms with Gasteiger partial charge in [-0.25, -0.2) is 15.0 Å². The number of nitrogens with zero attached hydrogens (tertiary/aromatic N) is 7. The maximum atomic E-state index is 6.36. The molecule has 0 spiro atoms. The fourth-order valence-corrected chi connectivity index (χ4v) is 18.2. The lowest BCUT2D eigenvalue weighted by Gasteiger charge is -2.32. The maximum absolute atomic E-state index is 6.36. The van der Waals surface area contributed by atoms with E-state index in [0.29, 0.717) is 0 Å². The smallest absolute Gasteiger partial charge is 0.456 e. The van der Waals surface area contributed by atoms with Gasteiger partial charge in [-0.1, -0.05) is 281 Å². The highest BCUT2D eigenvalue weighted by molar-refractivity contribution is 9.10. The predicted octanol–water partition coefficient (Wildman–Crippen LogP) is 30.9. The summed E-state index contributed by atoms with van der Waals surface area (Å²) in [5, 5.41) is 6.76. The molecule has 24 aromatic rings. The van der Waals surface area contributed by atoms with Gasteiger partial charge in [-0.3, -0.25) is 13.7 Å². The minimum absolute atomic E-state index is 0.293. The summed E-state index contributed by atoms with van der Waals surface area (Å²) in [5.41, 5.74) is 39.0. The Labute approximate surface area is 791 Å². The molecule has 0 saturated carbocycles. The van der Waals surface area contributed by atoms with Crippen molar-refractivity contribution < 1.29 is 22.6 Å². The fourth-order valence-electron chi connectivity index (χ4n) is 17.4. The molecule has 1 fully saturated rings. The second kappa shape index (κ2) is 36.5. The lowest BCUT2D eigenvalue weighted by molar-refractivity contribution is 0.00578. The molecule has 0 radical (unpaired) electrons. The molecule has 0 atom stereocenters. The third-order valence-electron chi connectivity index (χ3n) is 24.8. The van der Waals surface area contributed by atoms with Crippen LogP contribution in [0.4, 0.5) is 28.4 Å². The van der Waals surface area contributed by atoms with Crippen molar-refractivity contribution in [3.8, 4) is 73.5 Å². The zero-order valence-corrected chi connectivity index (χ0v) is 76.9. The predicted molar refractivity (Wildman–Crippen MR) is 560 cm³/mol. The van der Waals surface area contributed by atoms with E-state index in [1.54, 1.807) is 0 Å². The van der Waals surface area contributed by atoms with Gasteiger partial charge in [0.05, 0.1) is 44.3 Å². The Bertz CT molecular complexity index is 8270. The summed E-state index contributed by atoms with van der Waals surface area (Å²) < 4.78 is 39.1. The standard InChI is InChI=1S/C49H31N3O2.C25H19N3.C19H13BrN2.C12H18BNO2.C12H7BrO/c1-2-11-33(12-3-1)49-50-43-17-6-7-18-44(43)52(49)36-14-10-13-34(29-36)32-21-23-35(24-22-32)51(37-25-27-41-39-15-4-8-19-45(39)53-47(41)30-37)38-26-28-42-40-16-5-9-20-46(40)54-48(42)31-38;26-21-15-13-18(14-16-21)20-9-6-10-22(17-20)28-24-12-5-4-11-23(24)27-25(28)19-7-2-1-3-8-19;20-15-9-6-10-16(13-15)22-18-12-5-4-11-17(18)21-19(22)14-7-2-1-3-8-14;1-11(2)12(3,4)16-13(15-11)9-5-7-10(14)8-6-9;13-8-5-6-10-9-3-1-2-4-11(9)14-12(10)7-8/h1-31H;1-17H,26H2;1-13H;5-8H,14H2,1-4H3;1-7H. The zero-order valence-electron chi connectivity index (χ0n) is 73.7. The van der Waals surface area contributed by atoms with Crippen LogP contribution >= 0.6 is 31.9 Å². The lowest BCUT2D eigenvalue weighted by atomic mass is 9.79. The maximum Gasteiger partial charge on any atom is 0.494 e. The van der Waals surface area contributed by atoms with Crippen molar-refractivity contribution in [1.29, 1.82) is 0 Å². The topological polar surface area (TPSA) is 167 Å². The average Bonchev–Trinajstić information content (AvgIpc) is 1.58. The Morgan fingerprint density at radius 1 is 0.261 bits per heavy atom. The lowest BCUT2D eigenvalue weighted by Crippen LogP contribution is -2.41. The molecule has 1 aliphatic heterocycles. The third-order valence-corrected chi connectivity index (χ3v) is 25.8. The van der Waals surface area contributed by atoms with E-state index in [-0.39, 0.29) is 18.3 Å². The molecule has 4 N–H and O–H groups in total. The second-order valence-corrected chi connectivity index (χ2v) is 35.8. The quantitative estimate of drug-likeness (QED) is 0.0883. The van der Waals surface area contributed by atoms with Gasteiger partial charge in [-0.2, -0.15) is 0 Å². The number of nitrogen functional groups attached to an aromatic ring is 2. The normalized spacial score (nSPS) is 12.7. The van der Waals surface area contributed by atoms with E-state index in [1.165, 1.54) is 10.8 Å². The van der Waals surface area contributed by atoms with Crippen LogP contribution in [0.25, 0.3) is 172 Å². The van der Waals surface area contributed by atoms with Crippen LogP contribution in [0.1, 0.15) is 27.7 Å². The zero-order chi connectivity index (χ0) is 91.0. The van der Waals surface area contributed by atoms with E-state index in [9.17, 15) is 0 Å². The van der Waals surface area contributed by atoms with Gasteiger partial charge in [0, 0.05) is 116 Å². The molecule has 7 heterocycles. The molecular formula is C117H88BBr2N9O5. The van der Waals surface area contributed by atoms with Crippen LogP contribution in [-0.2, 0) is 9.31 Å². The van der Waals surface area contributed by atoms with Crippen LogP contribution < -0.4 is 21.8 Å². The summed E-state index contributed by atoms with van der Waals surface area (Å²) in [4.78, 5) is 17.1. The highest BCUT2D eigenvalue weighted by Crippen LogP contribution is 2.44. The van der Waals surface area contributed by atoms with Crippen LogP contribution in [0.5, 0.6) is 0 Å². The van der Waals surface area contributed by atoms with Crippen molar-refractivity contribution in [2.24, 2.45) is 0 Å². The molecule has 25 rings (SSSR count). The fraction of sp³-hybridized carbons (Fsp3) is 0.0513.